The van der Waals surface area contributed by atoms with Crippen LogP contribution in [0.3, 0.4) is 0 Å². The van der Waals surface area contributed by atoms with Gasteiger partial charge in [0, 0.05) is 23.6 Å². The first kappa shape index (κ1) is 19.1. The molecular weight excluding hydrogens is 395 g/mol. The molecule has 2 amide bonds. The van der Waals surface area contributed by atoms with Crippen molar-refractivity contribution in [2.75, 3.05) is 25.1 Å². The summed E-state index contributed by atoms with van der Waals surface area (Å²) < 4.78 is 16.5. The van der Waals surface area contributed by atoms with Gasteiger partial charge in [-0.15, -0.1) is 0 Å². The number of carbonyl (C=O) groups excluding carboxylic acids is 2. The summed E-state index contributed by atoms with van der Waals surface area (Å²) >= 11 is 12.0. The number of nitrogens with one attached hydrogen (secondary N) is 1. The first-order chi connectivity index (χ1) is 12.9. The molecule has 0 saturated heterocycles. The van der Waals surface area contributed by atoms with E-state index in [0.717, 1.165) is 6.42 Å². The summed E-state index contributed by atoms with van der Waals surface area (Å²) in [6.07, 6.45) is 0.755. The van der Waals surface area contributed by atoms with Crippen molar-refractivity contribution in [3.63, 3.8) is 0 Å². The molecule has 0 spiro atoms. The minimum atomic E-state index is -0.709. The molecular formula is C18H16Cl2N2O5. The van der Waals surface area contributed by atoms with Gasteiger partial charge in [0.05, 0.1) is 29.5 Å². The molecule has 142 valence electrons. The van der Waals surface area contributed by atoms with Gasteiger partial charge in [-0.25, -0.2) is 0 Å². The van der Waals surface area contributed by atoms with Crippen LogP contribution in [0.15, 0.2) is 30.3 Å². The zero-order valence-electron chi connectivity index (χ0n) is 14.1. The molecule has 0 unspecified atom stereocenters. The maximum absolute atomic E-state index is 12.2. The largest absolute Gasteiger partial charge is 0.490 e. The average molecular weight is 411 g/mol. The van der Waals surface area contributed by atoms with Crippen LogP contribution in [0.4, 0.5) is 5.69 Å². The highest BCUT2D eigenvalue weighted by molar-refractivity contribution is 6.34. The fourth-order valence-electron chi connectivity index (χ4n) is 2.43. The van der Waals surface area contributed by atoms with E-state index in [1.165, 1.54) is 18.2 Å². The highest BCUT2D eigenvalue weighted by atomic mass is 35.5. The first-order valence-corrected chi connectivity index (χ1v) is 8.81. The lowest BCUT2D eigenvalue weighted by Crippen LogP contribution is -2.22. The molecule has 2 aromatic carbocycles. The van der Waals surface area contributed by atoms with E-state index in [-0.39, 0.29) is 17.9 Å². The number of nitrogens with two attached hydrogens (primary N) is 1. The summed E-state index contributed by atoms with van der Waals surface area (Å²) in [7, 11) is 0. The van der Waals surface area contributed by atoms with Gasteiger partial charge in [0.15, 0.2) is 18.1 Å². The number of hydrogen-bond donors (Lipinski definition) is 2. The van der Waals surface area contributed by atoms with Crippen molar-refractivity contribution in [2.24, 2.45) is 5.73 Å². The second kappa shape index (κ2) is 8.37. The zero-order chi connectivity index (χ0) is 19.4. The SMILES string of the molecule is NC(=O)c1cc(Cl)ccc1OCC(=O)Nc1cc2c(cc1Cl)OCCCO2. The van der Waals surface area contributed by atoms with Gasteiger partial charge in [-0.05, 0) is 18.2 Å². The van der Waals surface area contributed by atoms with E-state index >= 15 is 0 Å². The van der Waals surface area contributed by atoms with Gasteiger partial charge in [0.1, 0.15) is 5.75 Å². The molecule has 0 fully saturated rings. The van der Waals surface area contributed by atoms with E-state index in [1.54, 1.807) is 12.1 Å². The van der Waals surface area contributed by atoms with Gasteiger partial charge in [0.25, 0.3) is 11.8 Å². The summed E-state index contributed by atoms with van der Waals surface area (Å²) in [5.41, 5.74) is 5.74. The van der Waals surface area contributed by atoms with Crippen LogP contribution in [-0.2, 0) is 4.79 Å². The summed E-state index contributed by atoms with van der Waals surface area (Å²) in [4.78, 5) is 23.7. The Morgan fingerprint density at radius 2 is 1.81 bits per heavy atom. The number of rotatable bonds is 5. The fraction of sp³-hybridized carbons (Fsp3) is 0.222. The number of halogens is 2. The number of carbonyl (C=O) groups is 2. The summed E-state index contributed by atoms with van der Waals surface area (Å²) in [5.74, 6) is 0.00303. The van der Waals surface area contributed by atoms with Gasteiger partial charge in [-0.1, -0.05) is 23.2 Å². The molecule has 0 saturated carbocycles. The highest BCUT2D eigenvalue weighted by Crippen LogP contribution is 2.37. The Balaban J connectivity index is 1.68. The Kier molecular flexibility index (Phi) is 5.93. The first-order valence-electron chi connectivity index (χ1n) is 8.05. The van der Waals surface area contributed by atoms with Crippen molar-refractivity contribution in [2.45, 2.75) is 6.42 Å². The molecule has 27 heavy (non-hydrogen) atoms. The summed E-state index contributed by atoms with van der Waals surface area (Å²) in [5, 5.41) is 3.27. The Morgan fingerprint density at radius 1 is 1.11 bits per heavy atom. The number of hydrogen-bond acceptors (Lipinski definition) is 5. The molecule has 3 N–H and O–H groups in total. The van der Waals surface area contributed by atoms with E-state index in [2.05, 4.69) is 5.32 Å². The standard InChI is InChI=1S/C18H16Cl2N2O5/c19-10-2-3-14(11(6-10)18(21)24)27-9-17(23)22-13-8-16-15(7-12(13)20)25-4-1-5-26-16/h2-3,6-8H,1,4-5,9H2,(H2,21,24)(H,22,23). The number of anilines is 1. The van der Waals surface area contributed by atoms with Crippen molar-refractivity contribution >= 4 is 40.7 Å². The molecule has 2 aromatic rings. The molecule has 7 nitrogen and oxygen atoms in total. The van der Waals surface area contributed by atoms with Gasteiger partial charge in [0.2, 0.25) is 0 Å². The van der Waals surface area contributed by atoms with Crippen LogP contribution in [0, 0.1) is 0 Å². The predicted molar refractivity (Wildman–Crippen MR) is 101 cm³/mol. The van der Waals surface area contributed by atoms with Crippen LogP contribution in [0.5, 0.6) is 17.2 Å². The van der Waals surface area contributed by atoms with E-state index in [9.17, 15) is 9.59 Å². The molecule has 0 aromatic heterocycles. The van der Waals surface area contributed by atoms with Crippen LogP contribution in [-0.4, -0.2) is 31.6 Å². The quantitative estimate of drug-likeness (QED) is 0.787. The number of fused-ring (bicyclic) bond motifs is 1. The molecule has 9 heteroatoms. The normalized spacial score (nSPS) is 12.8. The van der Waals surface area contributed by atoms with E-state index in [1.807, 2.05) is 0 Å². The molecule has 0 atom stereocenters. The minimum absolute atomic E-state index is 0.0870. The Morgan fingerprint density at radius 3 is 2.52 bits per heavy atom. The third-order valence-corrected chi connectivity index (χ3v) is 4.22. The molecule has 1 heterocycles. The highest BCUT2D eigenvalue weighted by Gasteiger charge is 2.17. The van der Waals surface area contributed by atoms with Crippen LogP contribution in [0.1, 0.15) is 16.8 Å². The molecule has 3 rings (SSSR count). The average Bonchev–Trinajstić information content (AvgIpc) is 2.85. The van der Waals surface area contributed by atoms with Gasteiger partial charge in [-0.2, -0.15) is 0 Å². The lowest BCUT2D eigenvalue weighted by atomic mass is 10.2. The smallest absolute Gasteiger partial charge is 0.262 e. The molecule has 0 aliphatic carbocycles. The summed E-state index contributed by atoms with van der Waals surface area (Å²) in [6, 6.07) is 7.55. The van der Waals surface area contributed by atoms with Gasteiger partial charge in [-0.3, -0.25) is 9.59 Å². The van der Waals surface area contributed by atoms with Crippen molar-refractivity contribution in [1.82, 2.24) is 0 Å². The van der Waals surface area contributed by atoms with Crippen LogP contribution in [0.25, 0.3) is 0 Å². The van der Waals surface area contributed by atoms with Crippen molar-refractivity contribution in [3.05, 3.63) is 45.9 Å². The van der Waals surface area contributed by atoms with E-state index in [0.29, 0.717) is 40.4 Å². The van der Waals surface area contributed by atoms with E-state index in [4.69, 9.17) is 43.1 Å². The zero-order valence-corrected chi connectivity index (χ0v) is 15.6. The Labute approximate surface area is 165 Å². The minimum Gasteiger partial charge on any atom is -0.490 e. The number of ether oxygens (including phenoxy) is 3. The monoisotopic (exact) mass is 410 g/mol. The maximum Gasteiger partial charge on any atom is 0.262 e. The van der Waals surface area contributed by atoms with Crippen molar-refractivity contribution in [3.8, 4) is 17.2 Å². The van der Waals surface area contributed by atoms with Crippen LogP contribution >= 0.6 is 23.2 Å². The van der Waals surface area contributed by atoms with Crippen molar-refractivity contribution < 1.29 is 23.8 Å². The number of primary amides is 1. The molecule has 0 bridgehead atoms. The van der Waals surface area contributed by atoms with Gasteiger partial charge >= 0.3 is 0 Å². The van der Waals surface area contributed by atoms with Crippen LogP contribution in [0.2, 0.25) is 10.0 Å². The predicted octanol–water partition coefficient (Wildman–Crippen LogP) is 3.27. The second-order valence-electron chi connectivity index (χ2n) is 5.67. The molecule has 1 aliphatic heterocycles. The topological polar surface area (TPSA) is 99.9 Å². The van der Waals surface area contributed by atoms with E-state index < -0.39 is 11.8 Å². The summed E-state index contributed by atoms with van der Waals surface area (Å²) in [6.45, 7) is 0.691. The number of benzene rings is 2. The van der Waals surface area contributed by atoms with Gasteiger partial charge < -0.3 is 25.3 Å². The Bertz CT molecular complexity index is 888. The number of amides is 2. The molecule has 0 radical (unpaired) electrons. The maximum atomic E-state index is 12.2. The third-order valence-electron chi connectivity index (χ3n) is 3.68. The fourth-order valence-corrected chi connectivity index (χ4v) is 2.80. The lowest BCUT2D eigenvalue weighted by molar-refractivity contribution is -0.118. The third kappa shape index (κ3) is 4.75. The second-order valence-corrected chi connectivity index (χ2v) is 6.51. The lowest BCUT2D eigenvalue weighted by Gasteiger charge is -2.13. The van der Waals surface area contributed by atoms with Crippen molar-refractivity contribution in [1.29, 1.82) is 0 Å². The van der Waals surface area contributed by atoms with Crippen LogP contribution < -0.4 is 25.3 Å². The molecule has 1 aliphatic rings. The Hall–Kier alpha value is -2.64.